The van der Waals surface area contributed by atoms with E-state index in [-0.39, 0.29) is 53.9 Å². The van der Waals surface area contributed by atoms with Gasteiger partial charge in [-0.2, -0.15) is 0 Å². The molecular formula is C24H41N5O5. The van der Waals surface area contributed by atoms with Crippen molar-refractivity contribution in [1.29, 1.82) is 0 Å². The Morgan fingerprint density at radius 2 is 1.85 bits per heavy atom. The highest BCUT2D eigenvalue weighted by molar-refractivity contribution is 6.04. The first kappa shape index (κ1) is 27.9. The Hall–Kier alpha value is -2.33. The molecule has 1 aliphatic rings. The van der Waals surface area contributed by atoms with Crippen LogP contribution >= 0.6 is 0 Å². The van der Waals surface area contributed by atoms with E-state index in [0.717, 1.165) is 5.69 Å². The molecule has 10 nitrogen and oxygen atoms in total. The van der Waals surface area contributed by atoms with Crippen LogP contribution < -0.4 is 5.32 Å². The van der Waals surface area contributed by atoms with Gasteiger partial charge in [-0.15, -0.1) is 5.10 Å². The first-order chi connectivity index (χ1) is 15.9. The largest absolute Gasteiger partial charge is 0.379 e. The van der Waals surface area contributed by atoms with Gasteiger partial charge in [-0.3, -0.25) is 19.3 Å². The third kappa shape index (κ3) is 9.50. The molecule has 1 aromatic rings. The number of nitrogens with zero attached hydrogens (tertiary/aromatic N) is 4. The number of carbonyl (C=O) groups excluding carboxylic acids is 3. The second kappa shape index (κ2) is 12.4. The monoisotopic (exact) mass is 479 g/mol. The van der Waals surface area contributed by atoms with Crippen molar-refractivity contribution in [3.05, 3.63) is 11.9 Å². The Balaban J connectivity index is 1.54. The van der Waals surface area contributed by atoms with E-state index in [9.17, 15) is 14.4 Å². The molecule has 1 atom stereocenters. The summed E-state index contributed by atoms with van der Waals surface area (Å²) in [6.07, 6.45) is 2.82. The van der Waals surface area contributed by atoms with E-state index in [1.54, 1.807) is 4.68 Å². The molecule has 1 fully saturated rings. The fourth-order valence-electron chi connectivity index (χ4n) is 3.53. The molecule has 0 bridgehead atoms. The molecule has 0 radical (unpaired) electrons. The predicted octanol–water partition coefficient (Wildman–Crippen LogP) is 2.18. The maximum Gasteiger partial charge on any atom is 0.233 e. The molecule has 0 aromatic carbocycles. The molecular weight excluding hydrogens is 438 g/mol. The van der Waals surface area contributed by atoms with E-state index in [2.05, 4.69) is 36.4 Å². The lowest BCUT2D eigenvalue weighted by Gasteiger charge is -2.24. The Morgan fingerprint density at radius 1 is 1.12 bits per heavy atom. The van der Waals surface area contributed by atoms with Crippen molar-refractivity contribution in [2.75, 3.05) is 32.9 Å². The van der Waals surface area contributed by atoms with Gasteiger partial charge < -0.3 is 14.8 Å². The molecule has 0 aliphatic carbocycles. The van der Waals surface area contributed by atoms with E-state index >= 15 is 0 Å². The normalized spacial score (nSPS) is 17.0. The molecule has 192 valence electrons. The van der Waals surface area contributed by atoms with Gasteiger partial charge in [0.25, 0.3) is 0 Å². The van der Waals surface area contributed by atoms with E-state index < -0.39 is 0 Å². The quantitative estimate of drug-likeness (QED) is 0.340. The number of amides is 3. The number of aromatic nitrogens is 3. The first-order valence-corrected chi connectivity index (χ1v) is 12.0. The van der Waals surface area contributed by atoms with Crippen molar-refractivity contribution in [1.82, 2.24) is 25.2 Å². The number of rotatable bonds is 13. The number of ether oxygens (including phenoxy) is 2. The van der Waals surface area contributed by atoms with Crippen LogP contribution in [0.15, 0.2) is 6.20 Å². The second-order valence-electron chi connectivity index (χ2n) is 11.1. The second-order valence-corrected chi connectivity index (χ2v) is 11.1. The number of likely N-dealkylation sites (tertiary alicyclic amines) is 1. The van der Waals surface area contributed by atoms with Gasteiger partial charge in [0.05, 0.1) is 38.5 Å². The predicted molar refractivity (Wildman–Crippen MR) is 126 cm³/mol. The minimum absolute atomic E-state index is 0.109. The summed E-state index contributed by atoms with van der Waals surface area (Å²) in [5.74, 6) is -0.867. The van der Waals surface area contributed by atoms with Crippen molar-refractivity contribution in [3.63, 3.8) is 0 Å². The topological polar surface area (TPSA) is 116 Å². The molecule has 2 heterocycles. The lowest BCUT2D eigenvalue weighted by molar-refractivity contribution is -0.140. The summed E-state index contributed by atoms with van der Waals surface area (Å²) < 4.78 is 13.0. The minimum atomic E-state index is -0.316. The average Bonchev–Trinajstić information content (AvgIpc) is 3.29. The summed E-state index contributed by atoms with van der Waals surface area (Å²) in [5, 5.41) is 11.0. The van der Waals surface area contributed by atoms with Crippen LogP contribution in [0.4, 0.5) is 0 Å². The van der Waals surface area contributed by atoms with Gasteiger partial charge >= 0.3 is 0 Å². The van der Waals surface area contributed by atoms with Gasteiger partial charge in [0.2, 0.25) is 17.7 Å². The van der Waals surface area contributed by atoms with Gasteiger partial charge in [-0.1, -0.05) is 46.8 Å². The first-order valence-electron chi connectivity index (χ1n) is 12.0. The van der Waals surface area contributed by atoms with Crippen LogP contribution in [0.1, 0.15) is 66.5 Å². The van der Waals surface area contributed by atoms with Crippen LogP contribution in [-0.2, 0) is 37.0 Å². The third-order valence-corrected chi connectivity index (χ3v) is 5.48. The number of imide groups is 1. The van der Waals surface area contributed by atoms with E-state index in [0.29, 0.717) is 45.9 Å². The zero-order valence-electron chi connectivity index (χ0n) is 21.6. The SMILES string of the molecule is CC(C)(C)COCCn1cc(COCCCNC(=O)CCN2C(=O)CC(C(C)(C)C)C2=O)nn1. The van der Waals surface area contributed by atoms with Crippen molar-refractivity contribution in [3.8, 4) is 0 Å². The van der Waals surface area contributed by atoms with Crippen LogP contribution in [0.2, 0.25) is 0 Å². The molecule has 0 saturated carbocycles. The average molecular weight is 480 g/mol. The molecule has 1 N–H and O–H groups in total. The van der Waals surface area contributed by atoms with Gasteiger partial charge in [0, 0.05) is 32.5 Å². The zero-order valence-corrected chi connectivity index (χ0v) is 21.6. The van der Waals surface area contributed by atoms with Crippen LogP contribution in [0, 0.1) is 16.7 Å². The minimum Gasteiger partial charge on any atom is -0.379 e. The van der Waals surface area contributed by atoms with E-state index in [1.165, 1.54) is 4.90 Å². The molecule has 2 rings (SSSR count). The van der Waals surface area contributed by atoms with Crippen LogP contribution in [0.5, 0.6) is 0 Å². The highest BCUT2D eigenvalue weighted by Gasteiger charge is 2.44. The van der Waals surface area contributed by atoms with Crippen LogP contribution in [0.25, 0.3) is 0 Å². The van der Waals surface area contributed by atoms with Crippen molar-refractivity contribution in [2.45, 2.75) is 74.0 Å². The van der Waals surface area contributed by atoms with Crippen molar-refractivity contribution < 1.29 is 23.9 Å². The fourth-order valence-corrected chi connectivity index (χ4v) is 3.53. The number of hydrogen-bond donors (Lipinski definition) is 1. The number of nitrogens with one attached hydrogen (secondary N) is 1. The standard InChI is InChI=1S/C24H41N5O5/c1-23(2,3)17-34-13-11-28-15-18(26-27-28)16-33-12-7-9-25-20(30)8-10-29-21(31)14-19(22(29)32)24(4,5)6/h15,19H,7-14,16-17H2,1-6H3,(H,25,30). The van der Waals surface area contributed by atoms with E-state index in [1.807, 2.05) is 27.0 Å². The fraction of sp³-hybridized carbons (Fsp3) is 0.792. The molecule has 1 aromatic heterocycles. The van der Waals surface area contributed by atoms with Gasteiger partial charge in [-0.05, 0) is 17.3 Å². The summed E-state index contributed by atoms with van der Waals surface area (Å²) in [6, 6.07) is 0. The third-order valence-electron chi connectivity index (χ3n) is 5.48. The van der Waals surface area contributed by atoms with Crippen molar-refractivity contribution in [2.24, 2.45) is 16.7 Å². The van der Waals surface area contributed by atoms with Gasteiger partial charge in [0.1, 0.15) is 5.69 Å². The maximum absolute atomic E-state index is 12.5. The Kier molecular flexibility index (Phi) is 10.2. The lowest BCUT2D eigenvalue weighted by Crippen LogP contribution is -2.37. The van der Waals surface area contributed by atoms with Crippen molar-refractivity contribution >= 4 is 17.7 Å². The number of hydrogen-bond acceptors (Lipinski definition) is 7. The maximum atomic E-state index is 12.5. The molecule has 3 amide bonds. The summed E-state index contributed by atoms with van der Waals surface area (Å²) in [5.41, 5.74) is 0.620. The van der Waals surface area contributed by atoms with Crippen LogP contribution in [0.3, 0.4) is 0 Å². The highest BCUT2D eigenvalue weighted by atomic mass is 16.5. The Labute approximate surface area is 202 Å². The molecule has 0 spiro atoms. The molecule has 34 heavy (non-hydrogen) atoms. The Morgan fingerprint density at radius 3 is 2.50 bits per heavy atom. The summed E-state index contributed by atoms with van der Waals surface area (Å²) in [4.78, 5) is 37.9. The summed E-state index contributed by atoms with van der Waals surface area (Å²) >= 11 is 0. The highest BCUT2D eigenvalue weighted by Crippen LogP contribution is 2.35. The lowest BCUT2D eigenvalue weighted by atomic mass is 9.80. The smallest absolute Gasteiger partial charge is 0.233 e. The number of carbonyl (C=O) groups is 3. The summed E-state index contributed by atoms with van der Waals surface area (Å²) in [6.45, 7) is 15.6. The van der Waals surface area contributed by atoms with Crippen LogP contribution in [-0.4, -0.2) is 70.5 Å². The summed E-state index contributed by atoms with van der Waals surface area (Å²) in [7, 11) is 0. The zero-order chi connectivity index (χ0) is 25.4. The van der Waals surface area contributed by atoms with Gasteiger partial charge in [-0.25, -0.2) is 4.68 Å². The molecule has 10 heteroatoms. The van der Waals surface area contributed by atoms with E-state index in [4.69, 9.17) is 9.47 Å². The van der Waals surface area contributed by atoms with Gasteiger partial charge in [0.15, 0.2) is 0 Å². The molecule has 1 unspecified atom stereocenters. The molecule has 1 saturated heterocycles. The molecule has 1 aliphatic heterocycles. The Bertz CT molecular complexity index is 824.